The zero-order chi connectivity index (χ0) is 13.0. The van der Waals surface area contributed by atoms with Crippen molar-refractivity contribution in [1.82, 2.24) is 0 Å². The Labute approximate surface area is 109 Å². The van der Waals surface area contributed by atoms with E-state index in [2.05, 4.69) is 50.5 Å². The average molecular weight is 313 g/mol. The Morgan fingerprint density at radius 3 is 2.00 bits per heavy atom. The first kappa shape index (κ1) is 16.4. The standard InChI is InChI=1S/C12H25BrO2S/c1-10(2)6-7-16(14,15)9-11(8-13)12(3,4)5/h10-11H,6-9H2,1-5H3. The van der Waals surface area contributed by atoms with Crippen molar-refractivity contribution in [3.8, 4) is 0 Å². The molecule has 16 heavy (non-hydrogen) atoms. The van der Waals surface area contributed by atoms with E-state index in [1.165, 1.54) is 0 Å². The first-order chi connectivity index (χ1) is 7.08. The molecule has 0 aromatic rings. The van der Waals surface area contributed by atoms with Gasteiger partial charge in [-0.05, 0) is 23.7 Å². The van der Waals surface area contributed by atoms with Crippen LogP contribution in [0.3, 0.4) is 0 Å². The molecule has 2 nitrogen and oxygen atoms in total. The minimum atomic E-state index is -2.90. The Morgan fingerprint density at radius 2 is 1.69 bits per heavy atom. The molecule has 0 amide bonds. The largest absolute Gasteiger partial charge is 0.229 e. The SMILES string of the molecule is CC(C)CCS(=O)(=O)CC(CBr)C(C)(C)C. The fraction of sp³-hybridized carbons (Fsp3) is 1.00. The van der Waals surface area contributed by atoms with Crippen molar-refractivity contribution < 1.29 is 8.42 Å². The Bertz CT molecular complexity index is 289. The topological polar surface area (TPSA) is 34.1 Å². The summed E-state index contributed by atoms with van der Waals surface area (Å²) in [7, 11) is -2.90. The van der Waals surface area contributed by atoms with E-state index >= 15 is 0 Å². The van der Waals surface area contributed by atoms with Crippen molar-refractivity contribution in [3.63, 3.8) is 0 Å². The third kappa shape index (κ3) is 6.89. The highest BCUT2D eigenvalue weighted by Crippen LogP contribution is 2.29. The number of alkyl halides is 1. The van der Waals surface area contributed by atoms with E-state index in [1.54, 1.807) is 0 Å². The van der Waals surface area contributed by atoms with Gasteiger partial charge >= 0.3 is 0 Å². The van der Waals surface area contributed by atoms with E-state index in [1.807, 2.05) is 0 Å². The monoisotopic (exact) mass is 312 g/mol. The van der Waals surface area contributed by atoms with Gasteiger partial charge in [0.1, 0.15) is 0 Å². The van der Waals surface area contributed by atoms with Crippen LogP contribution in [0.5, 0.6) is 0 Å². The van der Waals surface area contributed by atoms with Crippen LogP contribution in [0.15, 0.2) is 0 Å². The highest BCUT2D eigenvalue weighted by Gasteiger charge is 2.28. The van der Waals surface area contributed by atoms with Crippen LogP contribution in [-0.4, -0.2) is 25.3 Å². The molecule has 0 aromatic carbocycles. The highest BCUT2D eigenvalue weighted by molar-refractivity contribution is 9.09. The molecule has 0 rings (SSSR count). The maximum absolute atomic E-state index is 11.9. The third-order valence-electron chi connectivity index (χ3n) is 2.87. The lowest BCUT2D eigenvalue weighted by Gasteiger charge is -2.28. The first-order valence-corrected chi connectivity index (χ1v) is 8.79. The number of rotatable bonds is 6. The second-order valence-electron chi connectivity index (χ2n) is 6.01. The minimum Gasteiger partial charge on any atom is -0.229 e. The molecule has 98 valence electrons. The Hall–Kier alpha value is 0.430. The van der Waals surface area contributed by atoms with Crippen molar-refractivity contribution in [1.29, 1.82) is 0 Å². The molecule has 0 fully saturated rings. The van der Waals surface area contributed by atoms with Gasteiger partial charge in [0.2, 0.25) is 0 Å². The lowest BCUT2D eigenvalue weighted by atomic mass is 9.83. The van der Waals surface area contributed by atoms with Crippen LogP contribution in [0.25, 0.3) is 0 Å². The molecule has 0 saturated heterocycles. The van der Waals surface area contributed by atoms with Gasteiger partial charge in [0.25, 0.3) is 0 Å². The van der Waals surface area contributed by atoms with Crippen molar-refractivity contribution in [2.75, 3.05) is 16.8 Å². The first-order valence-electron chi connectivity index (χ1n) is 5.85. The van der Waals surface area contributed by atoms with Crippen LogP contribution < -0.4 is 0 Å². The molecule has 4 heteroatoms. The Morgan fingerprint density at radius 1 is 1.19 bits per heavy atom. The molecule has 1 atom stereocenters. The quantitative estimate of drug-likeness (QED) is 0.703. The van der Waals surface area contributed by atoms with Gasteiger partial charge in [0, 0.05) is 5.33 Å². The molecule has 0 aliphatic rings. The van der Waals surface area contributed by atoms with Gasteiger partial charge in [-0.2, -0.15) is 0 Å². The zero-order valence-electron chi connectivity index (χ0n) is 11.1. The van der Waals surface area contributed by atoms with Gasteiger partial charge in [-0.15, -0.1) is 0 Å². The number of hydrogen-bond donors (Lipinski definition) is 0. The summed E-state index contributed by atoms with van der Waals surface area (Å²) in [6, 6.07) is 0. The predicted octanol–water partition coefficient (Wildman–Crippen LogP) is 3.50. The van der Waals surface area contributed by atoms with Crippen molar-refractivity contribution >= 4 is 25.8 Å². The molecule has 0 N–H and O–H groups in total. The summed E-state index contributed by atoms with van der Waals surface area (Å²) in [5.74, 6) is 1.26. The van der Waals surface area contributed by atoms with Crippen LogP contribution in [0.1, 0.15) is 41.0 Å². The molecule has 0 spiro atoms. The van der Waals surface area contributed by atoms with Crippen LogP contribution in [0.2, 0.25) is 0 Å². The van der Waals surface area contributed by atoms with Crippen LogP contribution in [-0.2, 0) is 9.84 Å². The summed E-state index contributed by atoms with van der Waals surface area (Å²) in [5.41, 5.74) is 0.0361. The Balaban J connectivity index is 4.45. The highest BCUT2D eigenvalue weighted by atomic mass is 79.9. The fourth-order valence-corrected chi connectivity index (χ4v) is 5.06. The maximum Gasteiger partial charge on any atom is 0.150 e. The molecule has 0 heterocycles. The molecular formula is C12H25BrO2S. The summed E-state index contributed by atoms with van der Waals surface area (Å²) in [6.45, 7) is 10.4. The van der Waals surface area contributed by atoms with Crippen LogP contribution in [0.4, 0.5) is 0 Å². The van der Waals surface area contributed by atoms with Gasteiger partial charge in [-0.3, -0.25) is 0 Å². The molecule has 1 unspecified atom stereocenters. The second-order valence-corrected chi connectivity index (χ2v) is 8.89. The summed E-state index contributed by atoms with van der Waals surface area (Å²) < 4.78 is 23.9. The van der Waals surface area contributed by atoms with Crippen molar-refractivity contribution in [3.05, 3.63) is 0 Å². The van der Waals surface area contributed by atoms with Crippen LogP contribution >= 0.6 is 15.9 Å². The molecule has 0 saturated carbocycles. The molecule has 0 radical (unpaired) electrons. The zero-order valence-corrected chi connectivity index (χ0v) is 13.5. The van der Waals surface area contributed by atoms with E-state index < -0.39 is 9.84 Å². The van der Waals surface area contributed by atoms with E-state index in [0.29, 0.717) is 17.4 Å². The predicted molar refractivity (Wildman–Crippen MR) is 74.8 cm³/mol. The third-order valence-corrected chi connectivity index (χ3v) is 5.42. The van der Waals surface area contributed by atoms with E-state index in [4.69, 9.17) is 0 Å². The normalized spacial score (nSPS) is 15.4. The van der Waals surface area contributed by atoms with Gasteiger partial charge in [-0.1, -0.05) is 50.5 Å². The van der Waals surface area contributed by atoms with Crippen LogP contribution in [0, 0.1) is 17.3 Å². The summed E-state index contributed by atoms with van der Waals surface area (Å²) >= 11 is 3.42. The molecular weight excluding hydrogens is 288 g/mol. The smallest absolute Gasteiger partial charge is 0.150 e. The fourth-order valence-electron chi connectivity index (χ4n) is 1.33. The maximum atomic E-state index is 11.9. The number of halogens is 1. The van der Waals surface area contributed by atoms with E-state index in [0.717, 1.165) is 11.8 Å². The number of sulfone groups is 1. The molecule has 0 aliphatic heterocycles. The average Bonchev–Trinajstić information content (AvgIpc) is 2.09. The van der Waals surface area contributed by atoms with E-state index in [9.17, 15) is 8.42 Å². The van der Waals surface area contributed by atoms with Gasteiger partial charge in [0.05, 0.1) is 11.5 Å². The number of hydrogen-bond acceptors (Lipinski definition) is 2. The summed E-state index contributed by atoms with van der Waals surface area (Å²) in [6.07, 6.45) is 0.765. The summed E-state index contributed by atoms with van der Waals surface area (Å²) in [4.78, 5) is 0. The second kappa shape index (κ2) is 6.39. The summed E-state index contributed by atoms with van der Waals surface area (Å²) in [5, 5.41) is 0.747. The molecule has 0 aliphatic carbocycles. The van der Waals surface area contributed by atoms with E-state index in [-0.39, 0.29) is 11.3 Å². The minimum absolute atomic E-state index is 0.0361. The molecule has 0 bridgehead atoms. The van der Waals surface area contributed by atoms with Crippen molar-refractivity contribution in [2.24, 2.45) is 17.3 Å². The van der Waals surface area contributed by atoms with Gasteiger partial charge in [0.15, 0.2) is 9.84 Å². The van der Waals surface area contributed by atoms with Gasteiger partial charge < -0.3 is 0 Å². The van der Waals surface area contributed by atoms with Crippen molar-refractivity contribution in [2.45, 2.75) is 41.0 Å². The van der Waals surface area contributed by atoms with Gasteiger partial charge in [-0.25, -0.2) is 8.42 Å². The Kier molecular flexibility index (Phi) is 6.56. The molecule has 0 aromatic heterocycles. The lowest BCUT2D eigenvalue weighted by molar-refractivity contribution is 0.291. The lowest BCUT2D eigenvalue weighted by Crippen LogP contribution is -2.30.